The van der Waals surface area contributed by atoms with Crippen LogP contribution >= 0.6 is 0 Å². The standard InChI is InChI=1S/C18H26N2O2/c1-14-11-18(19-12-15(14)13-21)20-9-7-17(8-10-20)22-16-5-3-2-4-6-16/h11-13,16-17H,2-10H2,1H3. The van der Waals surface area contributed by atoms with E-state index in [2.05, 4.69) is 9.88 Å². The third kappa shape index (κ3) is 3.67. The highest BCUT2D eigenvalue weighted by Crippen LogP contribution is 2.26. The van der Waals surface area contributed by atoms with E-state index in [1.54, 1.807) is 6.20 Å². The monoisotopic (exact) mass is 302 g/mol. The maximum atomic E-state index is 10.9. The second-order valence-corrected chi connectivity index (χ2v) is 6.60. The number of carbonyl (C=O) groups excluding carboxylic acids is 1. The average molecular weight is 302 g/mol. The van der Waals surface area contributed by atoms with Crippen LogP contribution in [0.15, 0.2) is 12.3 Å². The van der Waals surface area contributed by atoms with Crippen LogP contribution in [0.5, 0.6) is 0 Å². The fraction of sp³-hybridized carbons (Fsp3) is 0.667. The number of aryl methyl sites for hydroxylation is 1. The topological polar surface area (TPSA) is 42.4 Å². The van der Waals surface area contributed by atoms with E-state index in [0.717, 1.165) is 43.6 Å². The summed E-state index contributed by atoms with van der Waals surface area (Å²) in [5, 5.41) is 0. The summed E-state index contributed by atoms with van der Waals surface area (Å²) in [6, 6.07) is 2.02. The number of carbonyl (C=O) groups is 1. The first-order valence-corrected chi connectivity index (χ1v) is 8.58. The van der Waals surface area contributed by atoms with Crippen molar-refractivity contribution < 1.29 is 9.53 Å². The van der Waals surface area contributed by atoms with Crippen molar-refractivity contribution in [1.29, 1.82) is 0 Å². The van der Waals surface area contributed by atoms with Gasteiger partial charge >= 0.3 is 0 Å². The Kier molecular flexibility index (Phi) is 5.08. The normalized spacial score (nSPS) is 21.0. The first-order valence-electron chi connectivity index (χ1n) is 8.58. The molecule has 120 valence electrons. The van der Waals surface area contributed by atoms with E-state index in [4.69, 9.17) is 4.74 Å². The molecule has 1 aliphatic heterocycles. The highest BCUT2D eigenvalue weighted by atomic mass is 16.5. The minimum atomic E-state index is 0.412. The molecule has 4 nitrogen and oxygen atoms in total. The van der Waals surface area contributed by atoms with Crippen LogP contribution < -0.4 is 4.90 Å². The highest BCUT2D eigenvalue weighted by molar-refractivity contribution is 5.77. The van der Waals surface area contributed by atoms with Crippen molar-refractivity contribution in [1.82, 2.24) is 4.98 Å². The first-order chi connectivity index (χ1) is 10.8. The maximum Gasteiger partial charge on any atom is 0.151 e. The number of aromatic nitrogens is 1. The van der Waals surface area contributed by atoms with Crippen LogP contribution in [0.2, 0.25) is 0 Å². The maximum absolute atomic E-state index is 10.9. The van der Waals surface area contributed by atoms with Gasteiger partial charge in [-0.3, -0.25) is 4.79 Å². The number of anilines is 1. The smallest absolute Gasteiger partial charge is 0.151 e. The van der Waals surface area contributed by atoms with E-state index in [9.17, 15) is 4.79 Å². The van der Waals surface area contributed by atoms with Gasteiger partial charge in [0.15, 0.2) is 6.29 Å². The number of hydrogen-bond donors (Lipinski definition) is 0. The van der Waals surface area contributed by atoms with Crippen LogP contribution in [0.4, 0.5) is 5.82 Å². The molecule has 1 aromatic rings. The zero-order valence-electron chi connectivity index (χ0n) is 13.5. The molecule has 1 aliphatic carbocycles. The molecule has 4 heteroatoms. The lowest BCUT2D eigenvalue weighted by Crippen LogP contribution is -2.39. The predicted molar refractivity (Wildman–Crippen MR) is 87.6 cm³/mol. The average Bonchev–Trinajstić information content (AvgIpc) is 2.56. The summed E-state index contributed by atoms with van der Waals surface area (Å²) in [6.07, 6.45) is 12.1. The molecule has 22 heavy (non-hydrogen) atoms. The minimum Gasteiger partial charge on any atom is -0.375 e. The fourth-order valence-corrected chi connectivity index (χ4v) is 3.54. The predicted octanol–water partition coefficient (Wildman–Crippen LogP) is 3.52. The Morgan fingerprint density at radius 2 is 1.82 bits per heavy atom. The van der Waals surface area contributed by atoms with Crippen molar-refractivity contribution in [3.63, 3.8) is 0 Å². The Morgan fingerprint density at radius 1 is 1.14 bits per heavy atom. The molecule has 0 unspecified atom stereocenters. The summed E-state index contributed by atoms with van der Waals surface area (Å²) in [4.78, 5) is 17.6. The summed E-state index contributed by atoms with van der Waals surface area (Å²) < 4.78 is 6.28. The molecule has 0 radical (unpaired) electrons. The fourth-order valence-electron chi connectivity index (χ4n) is 3.54. The Bertz CT molecular complexity index is 504. The third-order valence-corrected chi connectivity index (χ3v) is 4.97. The quantitative estimate of drug-likeness (QED) is 0.798. The molecule has 3 rings (SSSR count). The molecule has 2 fully saturated rings. The molecule has 1 saturated carbocycles. The van der Waals surface area contributed by atoms with Gasteiger partial charge in [0.2, 0.25) is 0 Å². The molecule has 0 atom stereocenters. The largest absolute Gasteiger partial charge is 0.375 e. The molecule has 0 spiro atoms. The number of aldehydes is 1. The Hall–Kier alpha value is -1.42. The highest BCUT2D eigenvalue weighted by Gasteiger charge is 2.24. The Balaban J connectivity index is 1.52. The molecular formula is C18H26N2O2. The minimum absolute atomic E-state index is 0.412. The summed E-state index contributed by atoms with van der Waals surface area (Å²) in [5.74, 6) is 0.985. The van der Waals surface area contributed by atoms with E-state index in [0.29, 0.717) is 17.8 Å². The van der Waals surface area contributed by atoms with Gasteiger partial charge in [-0.25, -0.2) is 4.98 Å². The molecule has 2 heterocycles. The molecule has 0 N–H and O–H groups in total. The van der Waals surface area contributed by atoms with Crippen LogP contribution in [-0.2, 0) is 4.74 Å². The van der Waals surface area contributed by atoms with E-state index < -0.39 is 0 Å². The Morgan fingerprint density at radius 3 is 2.45 bits per heavy atom. The lowest BCUT2D eigenvalue weighted by atomic mass is 9.97. The number of nitrogens with zero attached hydrogens (tertiary/aromatic N) is 2. The van der Waals surface area contributed by atoms with Gasteiger partial charge < -0.3 is 9.64 Å². The third-order valence-electron chi connectivity index (χ3n) is 4.97. The van der Waals surface area contributed by atoms with Crippen molar-refractivity contribution in [3.05, 3.63) is 23.4 Å². The molecule has 0 amide bonds. The molecule has 2 aliphatic rings. The van der Waals surface area contributed by atoms with E-state index in [-0.39, 0.29) is 0 Å². The Labute approximate surface area is 132 Å². The van der Waals surface area contributed by atoms with Gasteiger partial charge in [0.25, 0.3) is 0 Å². The van der Waals surface area contributed by atoms with E-state index in [1.807, 2.05) is 13.0 Å². The zero-order valence-corrected chi connectivity index (χ0v) is 13.5. The van der Waals surface area contributed by atoms with Gasteiger partial charge in [-0.05, 0) is 44.2 Å². The lowest BCUT2D eigenvalue weighted by molar-refractivity contribution is -0.0395. The van der Waals surface area contributed by atoms with Crippen molar-refractivity contribution in [3.8, 4) is 0 Å². The summed E-state index contributed by atoms with van der Waals surface area (Å²) in [6.45, 7) is 3.95. The summed E-state index contributed by atoms with van der Waals surface area (Å²) >= 11 is 0. The zero-order chi connectivity index (χ0) is 15.4. The number of piperidine rings is 1. The van der Waals surface area contributed by atoms with Crippen LogP contribution in [0, 0.1) is 6.92 Å². The SMILES string of the molecule is Cc1cc(N2CCC(OC3CCCCC3)CC2)ncc1C=O. The van der Waals surface area contributed by atoms with Gasteiger partial charge in [0.05, 0.1) is 12.2 Å². The van der Waals surface area contributed by atoms with E-state index in [1.165, 1.54) is 32.1 Å². The van der Waals surface area contributed by atoms with Crippen LogP contribution in [-0.4, -0.2) is 36.6 Å². The number of pyridine rings is 1. The van der Waals surface area contributed by atoms with Crippen LogP contribution in [0.3, 0.4) is 0 Å². The van der Waals surface area contributed by atoms with Gasteiger partial charge in [-0.2, -0.15) is 0 Å². The van der Waals surface area contributed by atoms with Gasteiger partial charge in [-0.15, -0.1) is 0 Å². The second kappa shape index (κ2) is 7.23. The number of ether oxygens (including phenoxy) is 1. The van der Waals surface area contributed by atoms with Gasteiger partial charge in [0, 0.05) is 24.8 Å². The number of rotatable bonds is 4. The van der Waals surface area contributed by atoms with Crippen molar-refractivity contribution in [2.24, 2.45) is 0 Å². The first kappa shape index (κ1) is 15.5. The van der Waals surface area contributed by atoms with Crippen molar-refractivity contribution in [2.75, 3.05) is 18.0 Å². The van der Waals surface area contributed by atoms with Crippen molar-refractivity contribution >= 4 is 12.1 Å². The molecule has 1 saturated heterocycles. The van der Waals surface area contributed by atoms with Crippen LogP contribution in [0.1, 0.15) is 60.9 Å². The molecule has 0 aromatic carbocycles. The molecular weight excluding hydrogens is 276 g/mol. The molecule has 1 aromatic heterocycles. The van der Waals surface area contributed by atoms with Crippen LogP contribution in [0.25, 0.3) is 0 Å². The van der Waals surface area contributed by atoms with Crippen molar-refractivity contribution in [2.45, 2.75) is 64.1 Å². The van der Waals surface area contributed by atoms with Gasteiger partial charge in [0.1, 0.15) is 5.82 Å². The summed E-state index contributed by atoms with van der Waals surface area (Å²) in [7, 11) is 0. The number of hydrogen-bond acceptors (Lipinski definition) is 4. The lowest BCUT2D eigenvalue weighted by Gasteiger charge is -2.35. The van der Waals surface area contributed by atoms with E-state index >= 15 is 0 Å². The van der Waals surface area contributed by atoms with Gasteiger partial charge in [-0.1, -0.05) is 19.3 Å². The second-order valence-electron chi connectivity index (χ2n) is 6.60. The molecule has 0 bridgehead atoms. The summed E-state index contributed by atoms with van der Waals surface area (Å²) in [5.41, 5.74) is 1.68.